The van der Waals surface area contributed by atoms with Crippen molar-refractivity contribution >= 4 is 39.0 Å². The Kier molecular flexibility index (Phi) is 9.10. The van der Waals surface area contributed by atoms with Gasteiger partial charge in [-0.05, 0) is 134 Å². The molecule has 0 amide bonds. The molecule has 73 heavy (non-hydrogen) atoms. The molecule has 344 valence electrons. The van der Waals surface area contributed by atoms with E-state index in [-0.39, 0.29) is 5.41 Å². The molecule has 0 bridgehead atoms. The highest BCUT2D eigenvalue weighted by atomic mass is 15.1. The molecule has 10 aromatic carbocycles. The van der Waals surface area contributed by atoms with Crippen LogP contribution in [0.4, 0.5) is 17.1 Å². The lowest BCUT2D eigenvalue weighted by Gasteiger charge is -2.29. The van der Waals surface area contributed by atoms with Crippen molar-refractivity contribution in [3.8, 4) is 72.8 Å². The molecule has 0 atom stereocenters. The van der Waals surface area contributed by atoms with Crippen molar-refractivity contribution < 1.29 is 0 Å². The molecular formula is C69H48N4. The Morgan fingerprint density at radius 1 is 0.425 bits per heavy atom. The number of hydrogen-bond donors (Lipinski definition) is 0. The first-order valence-electron chi connectivity index (χ1n) is 25.5. The van der Waals surface area contributed by atoms with Crippen molar-refractivity contribution in [1.29, 1.82) is 0 Å². The summed E-state index contributed by atoms with van der Waals surface area (Å²) in [5.74, 6) is 0.723. The van der Waals surface area contributed by atoms with Gasteiger partial charge in [-0.25, -0.2) is 9.97 Å². The summed E-state index contributed by atoms with van der Waals surface area (Å²) in [5, 5.41) is 2.11. The van der Waals surface area contributed by atoms with E-state index < -0.39 is 0 Å². The van der Waals surface area contributed by atoms with Gasteiger partial charge in [0.25, 0.3) is 0 Å². The molecule has 0 fully saturated rings. The fourth-order valence-electron chi connectivity index (χ4n) is 12.8. The Hall–Kier alpha value is -9.12. The van der Waals surface area contributed by atoms with E-state index in [1.807, 2.05) is 0 Å². The monoisotopic (exact) mass is 932 g/mol. The molecule has 12 aromatic rings. The number of benzene rings is 10. The molecule has 0 saturated heterocycles. The van der Waals surface area contributed by atoms with Gasteiger partial charge in [-0.2, -0.15) is 0 Å². The van der Waals surface area contributed by atoms with Crippen molar-refractivity contribution in [1.82, 2.24) is 14.5 Å². The maximum absolute atomic E-state index is 5.89. The average Bonchev–Trinajstić information content (AvgIpc) is 4.21. The predicted octanol–water partition coefficient (Wildman–Crippen LogP) is 17.5. The fraction of sp³-hybridized carbons (Fsp3) is 0.0725. The van der Waals surface area contributed by atoms with E-state index in [0.29, 0.717) is 0 Å². The Morgan fingerprint density at radius 2 is 0.986 bits per heavy atom. The van der Waals surface area contributed by atoms with Crippen molar-refractivity contribution in [2.24, 2.45) is 0 Å². The van der Waals surface area contributed by atoms with Gasteiger partial charge in [0, 0.05) is 44.6 Å². The Morgan fingerprint density at radius 3 is 1.74 bits per heavy atom. The third kappa shape index (κ3) is 6.26. The number of fused-ring (bicyclic) bond motifs is 12. The maximum atomic E-state index is 5.89. The molecular weight excluding hydrogens is 885 g/mol. The smallest absolute Gasteiger partial charge is 0.162 e. The van der Waals surface area contributed by atoms with Crippen LogP contribution < -0.4 is 4.90 Å². The lowest BCUT2D eigenvalue weighted by atomic mass is 9.82. The molecule has 3 aliphatic rings. The van der Waals surface area contributed by atoms with Gasteiger partial charge in [0.1, 0.15) is 5.65 Å². The number of rotatable bonds is 7. The van der Waals surface area contributed by atoms with E-state index in [2.05, 4.69) is 254 Å². The third-order valence-electron chi connectivity index (χ3n) is 16.0. The minimum Gasteiger partial charge on any atom is -0.310 e. The summed E-state index contributed by atoms with van der Waals surface area (Å²) in [7, 11) is 0. The number of aromatic nitrogens is 3. The quantitative estimate of drug-likeness (QED) is 0.160. The molecule has 0 unspecified atom stereocenters. The van der Waals surface area contributed by atoms with E-state index in [4.69, 9.17) is 9.97 Å². The zero-order chi connectivity index (χ0) is 48.4. The molecule has 4 heteroatoms. The molecule has 0 saturated carbocycles. The van der Waals surface area contributed by atoms with Crippen LogP contribution in [0.25, 0.3) is 94.8 Å². The number of nitrogens with zero attached hydrogens (tertiary/aromatic N) is 4. The SMILES string of the molecule is CC1(C)c2ccccc2-c2c(N(c3cccc(-c4ccccc4)c3)c3ccc4c(c3)c3c(-c5cccc6c5-c5ccccc5C6)nc(-c5cccc6c5-c5ccccc5C6)nc3n4-c3ccccc3)cccc21. The van der Waals surface area contributed by atoms with Crippen molar-refractivity contribution in [3.63, 3.8) is 0 Å². The average molecular weight is 933 g/mol. The van der Waals surface area contributed by atoms with Crippen LogP contribution in [-0.2, 0) is 18.3 Å². The highest BCUT2D eigenvalue weighted by molar-refractivity contribution is 6.17. The summed E-state index contributed by atoms with van der Waals surface area (Å²) >= 11 is 0. The minimum atomic E-state index is -0.175. The van der Waals surface area contributed by atoms with Gasteiger partial charge >= 0.3 is 0 Å². The largest absolute Gasteiger partial charge is 0.310 e. The standard InChI is InChI=1S/C69H48N4/c1-69(2)58-34-14-13-31-54(58)64-59(69)35-18-36-61(64)72(50-28-15-23-44(41-50)43-19-5-3-6-20-43)51-37-38-60-57(42-51)65-66(55-32-16-24-47-39-45-21-9-11-29-52(45)62(47)55)70-67(71-68(65)73(60)49-26-7-4-8-27-49)56-33-17-25-48-40-46-22-10-12-30-53(46)63(48)56/h3-38,41-42H,39-40H2,1-2H3. The van der Waals surface area contributed by atoms with E-state index in [1.165, 1.54) is 72.3 Å². The van der Waals surface area contributed by atoms with Gasteiger partial charge in [0.05, 0.1) is 22.3 Å². The van der Waals surface area contributed by atoms with Crippen LogP contribution in [0.1, 0.15) is 47.2 Å². The molecule has 2 aromatic heterocycles. The molecule has 0 spiro atoms. The summed E-state index contributed by atoms with van der Waals surface area (Å²) in [6.07, 6.45) is 1.78. The van der Waals surface area contributed by atoms with Crippen LogP contribution in [0, 0.1) is 0 Å². The minimum absolute atomic E-state index is 0.175. The van der Waals surface area contributed by atoms with E-state index >= 15 is 0 Å². The normalized spacial score (nSPS) is 13.3. The third-order valence-corrected chi connectivity index (χ3v) is 16.0. The first-order valence-corrected chi connectivity index (χ1v) is 25.5. The van der Waals surface area contributed by atoms with Crippen LogP contribution in [-0.4, -0.2) is 14.5 Å². The fourth-order valence-corrected chi connectivity index (χ4v) is 12.8. The van der Waals surface area contributed by atoms with Crippen LogP contribution in [0.3, 0.4) is 0 Å². The maximum Gasteiger partial charge on any atom is 0.162 e. The Bertz CT molecular complexity index is 4240. The summed E-state index contributed by atoms with van der Waals surface area (Å²) in [6.45, 7) is 4.73. The molecule has 15 rings (SSSR count). The van der Waals surface area contributed by atoms with Gasteiger partial charge in [-0.3, -0.25) is 4.57 Å². The van der Waals surface area contributed by atoms with Gasteiger partial charge in [0.2, 0.25) is 0 Å². The van der Waals surface area contributed by atoms with Crippen LogP contribution in [0.15, 0.2) is 231 Å². The summed E-state index contributed by atoms with van der Waals surface area (Å²) in [6, 6.07) is 84.6. The predicted molar refractivity (Wildman–Crippen MR) is 301 cm³/mol. The molecule has 3 aliphatic carbocycles. The van der Waals surface area contributed by atoms with E-state index in [1.54, 1.807) is 0 Å². The highest BCUT2D eigenvalue weighted by Gasteiger charge is 2.38. The van der Waals surface area contributed by atoms with Gasteiger partial charge in [-0.1, -0.05) is 196 Å². The second-order valence-corrected chi connectivity index (χ2v) is 20.4. The first kappa shape index (κ1) is 41.6. The zero-order valence-electron chi connectivity index (χ0n) is 40.6. The van der Waals surface area contributed by atoms with Crippen LogP contribution in [0.5, 0.6) is 0 Å². The second kappa shape index (κ2) is 15.9. The molecule has 4 nitrogen and oxygen atoms in total. The van der Waals surface area contributed by atoms with Crippen LogP contribution in [0.2, 0.25) is 0 Å². The van der Waals surface area contributed by atoms with Gasteiger partial charge < -0.3 is 4.90 Å². The van der Waals surface area contributed by atoms with Crippen molar-refractivity contribution in [3.05, 3.63) is 264 Å². The number of hydrogen-bond acceptors (Lipinski definition) is 3. The molecule has 0 radical (unpaired) electrons. The first-order chi connectivity index (χ1) is 36.0. The molecule has 0 N–H and O–H groups in total. The van der Waals surface area contributed by atoms with Crippen molar-refractivity contribution in [2.45, 2.75) is 32.1 Å². The summed E-state index contributed by atoms with van der Waals surface area (Å²) < 4.78 is 2.37. The number of anilines is 3. The van der Waals surface area contributed by atoms with Gasteiger partial charge in [0.15, 0.2) is 5.82 Å². The highest BCUT2D eigenvalue weighted by Crippen LogP contribution is 2.55. The van der Waals surface area contributed by atoms with Crippen LogP contribution >= 0.6 is 0 Å². The molecule has 2 heterocycles. The topological polar surface area (TPSA) is 34.0 Å². The van der Waals surface area contributed by atoms with Gasteiger partial charge in [-0.15, -0.1) is 0 Å². The molecule has 0 aliphatic heterocycles. The summed E-state index contributed by atoms with van der Waals surface area (Å²) in [4.78, 5) is 14.2. The zero-order valence-corrected chi connectivity index (χ0v) is 40.6. The summed E-state index contributed by atoms with van der Waals surface area (Å²) in [5.41, 5.74) is 27.1. The Balaban J connectivity index is 1.06. The number of para-hydroxylation sites is 1. The lowest BCUT2D eigenvalue weighted by molar-refractivity contribution is 0.660. The lowest BCUT2D eigenvalue weighted by Crippen LogP contribution is -2.16. The van der Waals surface area contributed by atoms with E-state index in [9.17, 15) is 0 Å². The second-order valence-electron chi connectivity index (χ2n) is 20.4. The Labute approximate surface area is 425 Å². The van der Waals surface area contributed by atoms with Crippen molar-refractivity contribution in [2.75, 3.05) is 4.90 Å². The van der Waals surface area contributed by atoms with E-state index in [0.717, 1.165) is 85.7 Å².